The summed E-state index contributed by atoms with van der Waals surface area (Å²) in [6.07, 6.45) is 11.9. The standard InChI is InChI=1S/C18H26O2.C18H20O2.2C14H20O2.C14H22O2.C14H16O.2C10H14O.16CH4/c1-5-18(3,4)17(19)20-13(2)15-11-10-14-8-6-7-9-16(14)12-15;1-4-18(2,3)17(19)20-16-12-10-15(11-13-16)14-8-6-5-7-9-14;2*1-5-14(3,4)13(15)16-11(2)12-9-7-6-8-10-12;1-5-11(3)13-7-9-14(10-8-13)16-12(4)15-6-2;1-3-10(2)11-4-5-13-9-14(15)7-6-12(13)8-11;2*1-3-8(2)9-4-6-10(11)7-5-9;;;;;;;;;;;;;;;;/h10-13H,5-9H2,1-4H3;5-13H,4H2,1-3H3;2*6-11H,5H2,1-4H3;7-12H,5-6H2,1-4H3;4-10,15H,3H2,1-2H3;2*4-8,11H,3H2,1-2H3;16*1H4. The molecule has 10 aromatic rings. The van der Waals surface area contributed by atoms with Crippen molar-refractivity contribution in [2.45, 2.75) is 417 Å². The number of aromatic hydroxyl groups is 3. The van der Waals surface area contributed by atoms with Gasteiger partial charge in [0.25, 0.3) is 0 Å². The minimum absolute atomic E-state index is 0. The first-order valence-corrected chi connectivity index (χ1v) is 45.7. The average molecular weight is 1960 g/mol. The number of phenolic OH excluding ortho intramolecular Hbond substituents is 3. The Labute approximate surface area is 870 Å². The molecule has 13 nitrogen and oxygen atoms in total. The number of phenols is 3. The van der Waals surface area contributed by atoms with E-state index in [2.05, 4.69) is 116 Å². The molecular weight excluding hydrogens is 1750 g/mol. The molecule has 0 amide bonds. The highest BCUT2D eigenvalue weighted by molar-refractivity contribution is 5.85. The second-order valence-corrected chi connectivity index (χ2v) is 35.3. The molecule has 1 aliphatic carbocycles. The maximum absolute atomic E-state index is 12.1. The molecule has 1 aliphatic rings. The second-order valence-electron chi connectivity index (χ2n) is 35.3. The fraction of sp³-hybridized carbons (Fsp3) is 0.516. The number of aryl methyl sites for hydroxylation is 2. The van der Waals surface area contributed by atoms with Gasteiger partial charge in [-0.15, -0.1) is 0 Å². The van der Waals surface area contributed by atoms with E-state index in [1.165, 1.54) is 58.0 Å². The van der Waals surface area contributed by atoms with Gasteiger partial charge in [0.05, 0.1) is 21.7 Å². The van der Waals surface area contributed by atoms with Gasteiger partial charge in [0.1, 0.15) is 47.1 Å². The average Bonchev–Trinajstić information content (AvgIpc) is 0.826. The molecule has 0 saturated heterocycles. The Kier molecular flexibility index (Phi) is 91.0. The number of esters is 4. The van der Waals surface area contributed by atoms with Crippen LogP contribution < -0.4 is 9.47 Å². The molecule has 0 saturated carbocycles. The van der Waals surface area contributed by atoms with Crippen molar-refractivity contribution in [2.24, 2.45) is 21.7 Å². The molecule has 0 bridgehead atoms. The molecule has 0 aromatic heterocycles. The Bertz CT molecular complexity index is 4590. The first kappa shape index (κ1) is 159. The minimum atomic E-state index is -0.446. The van der Waals surface area contributed by atoms with Crippen molar-refractivity contribution >= 4 is 34.6 Å². The van der Waals surface area contributed by atoms with Crippen molar-refractivity contribution in [1.82, 2.24) is 0 Å². The molecule has 0 fully saturated rings. The molecule has 0 aliphatic heterocycles. The van der Waals surface area contributed by atoms with E-state index in [1.54, 1.807) is 36.4 Å². The third-order valence-corrected chi connectivity index (χ3v) is 24.1. The summed E-state index contributed by atoms with van der Waals surface area (Å²) in [6, 6.07) is 78.9. The van der Waals surface area contributed by atoms with Crippen LogP contribution in [0.2, 0.25) is 0 Å². The number of ether oxygens (including phenoxy) is 6. The van der Waals surface area contributed by atoms with E-state index in [9.17, 15) is 24.3 Å². The molecule has 8 atom stereocenters. The van der Waals surface area contributed by atoms with Crippen molar-refractivity contribution in [3.8, 4) is 39.9 Å². The maximum atomic E-state index is 12.1. The number of rotatable bonds is 28. The van der Waals surface area contributed by atoms with Crippen molar-refractivity contribution in [1.29, 1.82) is 0 Å². The van der Waals surface area contributed by atoms with Crippen LogP contribution in [-0.4, -0.2) is 52.1 Å². The van der Waals surface area contributed by atoms with E-state index >= 15 is 0 Å². The van der Waals surface area contributed by atoms with E-state index in [-0.39, 0.29) is 167 Å². The van der Waals surface area contributed by atoms with Crippen LogP contribution in [0.3, 0.4) is 0 Å². The van der Waals surface area contributed by atoms with E-state index in [0.717, 1.165) is 96.7 Å². The molecule has 0 spiro atoms. The highest BCUT2D eigenvalue weighted by Crippen LogP contribution is 2.34. The van der Waals surface area contributed by atoms with Crippen LogP contribution in [0.5, 0.6) is 28.7 Å². The van der Waals surface area contributed by atoms with E-state index in [4.69, 9.17) is 38.6 Å². The predicted octanol–water partition coefficient (Wildman–Crippen LogP) is 40.8. The minimum Gasteiger partial charge on any atom is -0.508 e. The largest absolute Gasteiger partial charge is 0.508 e. The zero-order chi connectivity index (χ0) is 93.0. The van der Waals surface area contributed by atoms with Gasteiger partial charge < -0.3 is 43.7 Å². The lowest BCUT2D eigenvalue weighted by Gasteiger charge is -2.24. The summed E-state index contributed by atoms with van der Waals surface area (Å²) >= 11 is 0. The Balaban J connectivity index is -0.000000120. The molecule has 11 rings (SSSR count). The van der Waals surface area contributed by atoms with Gasteiger partial charge >= 0.3 is 23.9 Å². The number of carbonyl (C=O) groups is 4. The fourth-order valence-electron chi connectivity index (χ4n) is 12.2. The Morgan fingerprint density at radius 2 is 0.567 bits per heavy atom. The number of benzene rings is 10. The summed E-state index contributed by atoms with van der Waals surface area (Å²) in [5, 5.41) is 29.7. The Hall–Kier alpha value is -10.5. The quantitative estimate of drug-likeness (QED) is 0.0182. The third kappa shape index (κ3) is 55.6. The molecule has 0 radical (unpaired) electrons. The monoisotopic (exact) mass is 1960 g/mol. The fourth-order valence-corrected chi connectivity index (χ4v) is 12.2. The Morgan fingerprint density at radius 3 is 0.922 bits per heavy atom. The summed E-state index contributed by atoms with van der Waals surface area (Å²) < 4.78 is 32.9. The summed E-state index contributed by atoms with van der Waals surface area (Å²) in [7, 11) is 0. The lowest BCUT2D eigenvalue weighted by Crippen LogP contribution is -2.28. The van der Waals surface area contributed by atoms with Crippen LogP contribution in [0.25, 0.3) is 21.9 Å². The zero-order valence-electron chi connectivity index (χ0n) is 80.3. The van der Waals surface area contributed by atoms with Gasteiger partial charge in [-0.25, -0.2) is 0 Å². The number of carbonyl (C=O) groups excluding carboxylic acids is 4. The van der Waals surface area contributed by atoms with Crippen molar-refractivity contribution in [3.05, 3.63) is 293 Å². The lowest BCUT2D eigenvalue weighted by molar-refractivity contribution is -0.160. The number of fused-ring (bicyclic) bond motifs is 2. The van der Waals surface area contributed by atoms with Crippen molar-refractivity contribution in [3.63, 3.8) is 0 Å². The summed E-state index contributed by atoms with van der Waals surface area (Å²) in [5.74, 6) is 4.32. The summed E-state index contributed by atoms with van der Waals surface area (Å²) in [4.78, 5) is 47.9. The normalized spacial score (nSPS) is 12.0. The molecule has 0 heterocycles. The van der Waals surface area contributed by atoms with E-state index in [1.807, 2.05) is 263 Å². The zero-order valence-corrected chi connectivity index (χ0v) is 80.3. The third-order valence-electron chi connectivity index (χ3n) is 24.1. The summed E-state index contributed by atoms with van der Waals surface area (Å²) in [6.45, 7) is 51.2. The molecule has 3 N–H and O–H groups in total. The molecule has 10 aromatic carbocycles. The molecule has 13 heteroatoms. The smallest absolute Gasteiger partial charge is 0.316 e. The Morgan fingerprint density at radius 1 is 0.284 bits per heavy atom. The van der Waals surface area contributed by atoms with Gasteiger partial charge in [-0.1, -0.05) is 384 Å². The number of hydrogen-bond acceptors (Lipinski definition) is 13. The second kappa shape index (κ2) is 81.0. The van der Waals surface area contributed by atoms with Gasteiger partial charge in [0.15, 0.2) is 6.29 Å². The molecule has 141 heavy (non-hydrogen) atoms. The van der Waals surface area contributed by atoms with Gasteiger partial charge in [0.2, 0.25) is 0 Å². The van der Waals surface area contributed by atoms with Crippen LogP contribution in [0.4, 0.5) is 0 Å². The number of hydrogen-bond donors (Lipinski definition) is 3. The van der Waals surface area contributed by atoms with Crippen LogP contribution >= 0.6 is 0 Å². The maximum Gasteiger partial charge on any atom is 0.316 e. The highest BCUT2D eigenvalue weighted by Gasteiger charge is 2.32. The highest BCUT2D eigenvalue weighted by atomic mass is 16.7. The van der Waals surface area contributed by atoms with Crippen LogP contribution in [0.15, 0.2) is 243 Å². The SMILES string of the molecule is C.C.C.C.C.C.C.C.C.C.C.C.C.C.C.C.CCC(C)(C)C(=O)OC(C)c1ccc2c(c1)CCCC2.CCC(C)(C)C(=O)OC(C)c1ccccc1.CCC(C)(C)C(=O)OC(C)c1ccccc1.CCC(C)(C)C(=O)Oc1ccc(-c2ccccc2)cc1.CCC(C)c1ccc(O)cc1.CCC(C)c1ccc(O)cc1.CCC(C)c1ccc2cc(O)ccc2c1.CCOC(C)Oc1ccc(C(C)CC)cc1. The molecular formula is C128H216O13. The first-order valence-electron chi connectivity index (χ1n) is 45.7. The van der Waals surface area contributed by atoms with E-state index < -0.39 is 21.7 Å². The lowest BCUT2D eigenvalue weighted by atomic mass is 9.89. The summed E-state index contributed by atoms with van der Waals surface area (Å²) in [5.41, 5.74) is 12.0. The van der Waals surface area contributed by atoms with Crippen molar-refractivity contribution in [2.75, 3.05) is 6.61 Å². The predicted molar refractivity (Wildman–Crippen MR) is 626 cm³/mol. The van der Waals surface area contributed by atoms with Gasteiger partial charge in [-0.3, -0.25) is 19.2 Å². The van der Waals surface area contributed by atoms with Crippen LogP contribution in [0.1, 0.15) is 448 Å². The molecule has 8 unspecified atom stereocenters. The van der Waals surface area contributed by atoms with Crippen LogP contribution in [0, 0.1) is 21.7 Å². The van der Waals surface area contributed by atoms with Crippen molar-refractivity contribution < 1.29 is 62.9 Å². The van der Waals surface area contributed by atoms with E-state index in [0.29, 0.717) is 53.3 Å². The first-order chi connectivity index (χ1) is 59.2. The molecule has 806 valence electrons. The van der Waals surface area contributed by atoms with Gasteiger partial charge in [0, 0.05) is 6.61 Å². The topological polar surface area (TPSA) is 184 Å². The van der Waals surface area contributed by atoms with Gasteiger partial charge in [-0.05, 0) is 323 Å². The van der Waals surface area contributed by atoms with Gasteiger partial charge in [-0.2, -0.15) is 0 Å². The van der Waals surface area contributed by atoms with Crippen LogP contribution in [-0.2, 0) is 51.0 Å².